The molecule has 3 nitrogen and oxygen atoms in total. The van der Waals surface area contributed by atoms with E-state index < -0.39 is 23.2 Å². The number of carbonyl (C=O) groups is 2. The molecule has 3 rings (SSSR count). The third kappa shape index (κ3) is 4.00. The highest BCUT2D eigenvalue weighted by molar-refractivity contribution is 6.02. The van der Waals surface area contributed by atoms with Gasteiger partial charge in [-0.05, 0) is 55.0 Å². The molecule has 0 aliphatic heterocycles. The van der Waals surface area contributed by atoms with Gasteiger partial charge in [-0.25, -0.2) is 0 Å². The molecule has 136 valence electrons. The van der Waals surface area contributed by atoms with Gasteiger partial charge >= 0.3 is 6.18 Å². The molecule has 6 heteroatoms. The van der Waals surface area contributed by atoms with Crippen LogP contribution >= 0.6 is 0 Å². The Kier molecular flexibility index (Phi) is 5.20. The number of rotatable bonds is 5. The lowest BCUT2D eigenvalue weighted by Gasteiger charge is -2.16. The maximum absolute atomic E-state index is 13.0. The summed E-state index contributed by atoms with van der Waals surface area (Å²) in [6.45, 7) is 0. The number of halogens is 3. The molecule has 0 spiro atoms. The van der Waals surface area contributed by atoms with Gasteiger partial charge in [0.1, 0.15) is 5.69 Å². The number of ketones is 2. The van der Waals surface area contributed by atoms with Gasteiger partial charge in [-0.3, -0.25) is 14.6 Å². The van der Waals surface area contributed by atoms with Crippen molar-refractivity contribution in [2.75, 3.05) is 0 Å². The number of hydrogen-bond acceptors (Lipinski definition) is 3. The first-order valence-corrected chi connectivity index (χ1v) is 8.56. The lowest BCUT2D eigenvalue weighted by molar-refractivity contribution is -0.138. The van der Waals surface area contributed by atoms with E-state index >= 15 is 0 Å². The predicted molar refractivity (Wildman–Crippen MR) is 90.2 cm³/mol. The summed E-state index contributed by atoms with van der Waals surface area (Å²) in [5.41, 5.74) is 1.21. The van der Waals surface area contributed by atoms with Crippen molar-refractivity contribution in [1.82, 2.24) is 4.98 Å². The Balaban J connectivity index is 1.70. The van der Waals surface area contributed by atoms with E-state index in [1.54, 1.807) is 6.07 Å². The van der Waals surface area contributed by atoms with Crippen molar-refractivity contribution in [3.8, 4) is 0 Å². The smallest absolute Gasteiger partial charge is 0.294 e. The largest absolute Gasteiger partial charge is 0.418 e. The summed E-state index contributed by atoms with van der Waals surface area (Å²) in [6.07, 6.45) is 0.223. The van der Waals surface area contributed by atoms with Gasteiger partial charge in [0.25, 0.3) is 0 Å². The second-order valence-electron chi connectivity index (χ2n) is 6.43. The van der Waals surface area contributed by atoms with E-state index in [9.17, 15) is 22.8 Å². The van der Waals surface area contributed by atoms with Crippen LogP contribution in [-0.2, 0) is 19.0 Å². The van der Waals surface area contributed by atoms with Gasteiger partial charge in [0.15, 0.2) is 11.6 Å². The van der Waals surface area contributed by atoms with Crippen molar-refractivity contribution in [1.29, 1.82) is 0 Å². The van der Waals surface area contributed by atoms with Gasteiger partial charge in [-0.2, -0.15) is 13.2 Å². The van der Waals surface area contributed by atoms with Crippen LogP contribution in [0.2, 0.25) is 0 Å². The van der Waals surface area contributed by atoms with E-state index in [0.29, 0.717) is 5.56 Å². The summed E-state index contributed by atoms with van der Waals surface area (Å²) in [5, 5.41) is 0. The highest BCUT2D eigenvalue weighted by Gasteiger charge is 2.35. The van der Waals surface area contributed by atoms with Crippen LogP contribution in [0.25, 0.3) is 0 Å². The van der Waals surface area contributed by atoms with Gasteiger partial charge in [0.05, 0.1) is 5.56 Å². The molecule has 2 aromatic rings. The minimum atomic E-state index is -4.65. The lowest BCUT2D eigenvalue weighted by Crippen LogP contribution is -2.16. The molecule has 0 atom stereocenters. The van der Waals surface area contributed by atoms with E-state index in [0.717, 1.165) is 49.6 Å². The number of aryl methyl sites for hydroxylation is 2. The van der Waals surface area contributed by atoms with Crippen LogP contribution in [0.3, 0.4) is 0 Å². The highest BCUT2D eigenvalue weighted by Crippen LogP contribution is 2.31. The first-order valence-electron chi connectivity index (χ1n) is 8.56. The van der Waals surface area contributed by atoms with E-state index in [1.807, 2.05) is 12.1 Å². The molecule has 1 aromatic heterocycles. The van der Waals surface area contributed by atoms with Gasteiger partial charge in [0, 0.05) is 24.6 Å². The number of benzene rings is 1. The zero-order valence-electron chi connectivity index (χ0n) is 14.1. The first-order chi connectivity index (χ1) is 12.4. The molecule has 0 amide bonds. The second kappa shape index (κ2) is 7.40. The third-order valence-corrected chi connectivity index (χ3v) is 4.63. The van der Waals surface area contributed by atoms with Crippen molar-refractivity contribution in [2.24, 2.45) is 0 Å². The van der Waals surface area contributed by atoms with Crippen molar-refractivity contribution in [2.45, 2.75) is 44.7 Å². The fourth-order valence-electron chi connectivity index (χ4n) is 3.25. The second-order valence-corrected chi connectivity index (χ2v) is 6.43. The maximum atomic E-state index is 13.0. The Morgan fingerprint density at radius 1 is 0.962 bits per heavy atom. The van der Waals surface area contributed by atoms with Gasteiger partial charge < -0.3 is 0 Å². The van der Waals surface area contributed by atoms with Gasteiger partial charge in [-0.1, -0.05) is 12.1 Å². The topological polar surface area (TPSA) is 47.0 Å². The molecule has 0 saturated carbocycles. The van der Waals surface area contributed by atoms with Crippen LogP contribution in [0.5, 0.6) is 0 Å². The van der Waals surface area contributed by atoms with Crippen molar-refractivity contribution in [3.05, 3.63) is 64.5 Å². The van der Waals surface area contributed by atoms with Crippen molar-refractivity contribution >= 4 is 11.6 Å². The fraction of sp³-hybridized carbons (Fsp3) is 0.350. The van der Waals surface area contributed by atoms with Crippen LogP contribution < -0.4 is 0 Å². The molecule has 0 N–H and O–H groups in total. The van der Waals surface area contributed by atoms with Gasteiger partial charge in [0.2, 0.25) is 0 Å². The molecule has 1 aliphatic carbocycles. The number of pyridine rings is 1. The Morgan fingerprint density at radius 3 is 2.38 bits per heavy atom. The molecule has 0 radical (unpaired) electrons. The average Bonchev–Trinajstić information content (AvgIpc) is 2.64. The number of nitrogens with zero attached hydrogens (tertiary/aromatic N) is 1. The Labute approximate surface area is 149 Å². The molecular formula is C20H18F3NO2. The number of Topliss-reactive ketones (excluding diaryl/α,β-unsaturated/α-hetero) is 2. The lowest BCUT2D eigenvalue weighted by atomic mass is 9.89. The van der Waals surface area contributed by atoms with Crippen LogP contribution in [0.4, 0.5) is 13.2 Å². The Bertz CT molecular complexity index is 843. The third-order valence-electron chi connectivity index (χ3n) is 4.63. The summed E-state index contributed by atoms with van der Waals surface area (Å²) >= 11 is 0. The maximum Gasteiger partial charge on any atom is 0.418 e. The van der Waals surface area contributed by atoms with Crippen molar-refractivity contribution in [3.63, 3.8) is 0 Å². The van der Waals surface area contributed by atoms with Crippen molar-refractivity contribution < 1.29 is 22.8 Å². The molecule has 0 unspecified atom stereocenters. The standard InChI is InChI=1S/C20H18F3NO2/c21-20(22,23)16-6-3-11-24-19(16)18(26)10-9-17(25)15-8-7-13-4-1-2-5-14(13)12-15/h3,6-8,11-12H,1-2,4-5,9-10H2. The van der Waals surface area contributed by atoms with E-state index in [4.69, 9.17) is 0 Å². The van der Waals surface area contributed by atoms with Crippen LogP contribution in [0.15, 0.2) is 36.5 Å². The van der Waals surface area contributed by atoms with Crippen LogP contribution in [-0.4, -0.2) is 16.6 Å². The number of alkyl halides is 3. The average molecular weight is 361 g/mol. The highest BCUT2D eigenvalue weighted by atomic mass is 19.4. The summed E-state index contributed by atoms with van der Waals surface area (Å²) in [4.78, 5) is 28.1. The monoisotopic (exact) mass is 361 g/mol. The summed E-state index contributed by atoms with van der Waals surface area (Å²) in [6, 6.07) is 7.48. The number of carbonyl (C=O) groups excluding carboxylic acids is 2. The Hall–Kier alpha value is -2.50. The summed E-state index contributed by atoms with van der Waals surface area (Å²) < 4.78 is 38.9. The zero-order chi connectivity index (χ0) is 18.7. The molecule has 26 heavy (non-hydrogen) atoms. The minimum Gasteiger partial charge on any atom is -0.294 e. The quantitative estimate of drug-likeness (QED) is 0.717. The minimum absolute atomic E-state index is 0.133. The molecule has 0 saturated heterocycles. The van der Waals surface area contributed by atoms with E-state index in [-0.39, 0.29) is 18.6 Å². The molecule has 1 aromatic carbocycles. The van der Waals surface area contributed by atoms with E-state index in [2.05, 4.69) is 4.98 Å². The van der Waals surface area contributed by atoms with Crippen LogP contribution in [0, 0.1) is 0 Å². The Morgan fingerprint density at radius 2 is 1.65 bits per heavy atom. The van der Waals surface area contributed by atoms with E-state index in [1.165, 1.54) is 5.56 Å². The van der Waals surface area contributed by atoms with Crippen LogP contribution in [0.1, 0.15) is 63.2 Å². The number of hydrogen-bond donors (Lipinski definition) is 0. The SMILES string of the molecule is O=C(CCC(=O)c1ncccc1C(F)(F)F)c1ccc2c(c1)CCCC2. The summed E-state index contributed by atoms with van der Waals surface area (Å²) in [5.74, 6) is -1.01. The predicted octanol–water partition coefficient (Wildman–Crippen LogP) is 4.83. The van der Waals surface area contributed by atoms with Gasteiger partial charge in [-0.15, -0.1) is 0 Å². The number of aromatic nitrogens is 1. The molecule has 1 heterocycles. The summed E-state index contributed by atoms with van der Waals surface area (Å²) in [7, 11) is 0. The fourth-order valence-corrected chi connectivity index (χ4v) is 3.25. The molecule has 0 fully saturated rings. The first kappa shape index (κ1) is 18.3. The molecule has 0 bridgehead atoms. The normalized spacial score (nSPS) is 14.0. The number of fused-ring (bicyclic) bond motifs is 1. The molecule has 1 aliphatic rings. The zero-order valence-corrected chi connectivity index (χ0v) is 14.1. The molecular weight excluding hydrogens is 343 g/mol.